The van der Waals surface area contributed by atoms with Crippen LogP contribution in [0.5, 0.6) is 0 Å². The number of hydrogen-bond donors (Lipinski definition) is 1. The molecule has 27 heavy (non-hydrogen) atoms. The van der Waals surface area contributed by atoms with Gasteiger partial charge in [0.15, 0.2) is 0 Å². The largest absolute Gasteiger partial charge is 0.444 e. The molecular formula is C18H25N3O6. The molecule has 148 valence electrons. The van der Waals surface area contributed by atoms with Gasteiger partial charge in [-0.1, -0.05) is 0 Å². The van der Waals surface area contributed by atoms with Crippen LogP contribution in [0.15, 0.2) is 18.2 Å². The van der Waals surface area contributed by atoms with E-state index in [4.69, 9.17) is 9.47 Å². The monoisotopic (exact) mass is 379 g/mol. The summed E-state index contributed by atoms with van der Waals surface area (Å²) in [4.78, 5) is 26.9. The highest BCUT2D eigenvalue weighted by molar-refractivity contribution is 5.70. The predicted molar refractivity (Wildman–Crippen MR) is 97.7 cm³/mol. The summed E-state index contributed by atoms with van der Waals surface area (Å²) in [6.07, 6.45) is -0.355. The Morgan fingerprint density at radius 2 is 1.96 bits per heavy atom. The summed E-state index contributed by atoms with van der Waals surface area (Å²) in [5.74, 6) is 0. The summed E-state index contributed by atoms with van der Waals surface area (Å²) in [6, 6.07) is 4.11. The molecule has 2 aliphatic rings. The van der Waals surface area contributed by atoms with E-state index in [0.29, 0.717) is 31.9 Å². The van der Waals surface area contributed by atoms with E-state index in [9.17, 15) is 20.0 Å². The lowest BCUT2D eigenvalue weighted by Gasteiger charge is -2.50. The maximum absolute atomic E-state index is 12.6. The van der Waals surface area contributed by atoms with Gasteiger partial charge < -0.3 is 19.5 Å². The molecule has 0 spiro atoms. The Hall–Kier alpha value is -2.39. The molecule has 0 aromatic heterocycles. The molecule has 9 heteroatoms. The lowest BCUT2D eigenvalue weighted by atomic mass is 10.0. The van der Waals surface area contributed by atoms with Gasteiger partial charge in [-0.2, -0.15) is 0 Å². The summed E-state index contributed by atoms with van der Waals surface area (Å²) >= 11 is 0. The number of benzene rings is 1. The molecule has 1 aromatic carbocycles. The van der Waals surface area contributed by atoms with E-state index in [0.717, 1.165) is 5.69 Å². The Balaban J connectivity index is 1.82. The number of amides is 1. The van der Waals surface area contributed by atoms with E-state index in [1.54, 1.807) is 11.0 Å². The number of hydrogen-bond acceptors (Lipinski definition) is 7. The average molecular weight is 379 g/mol. The first-order valence-electron chi connectivity index (χ1n) is 8.92. The quantitative estimate of drug-likeness (QED) is 0.632. The number of nitro groups is 1. The second-order valence-electron chi connectivity index (χ2n) is 7.87. The predicted octanol–water partition coefficient (Wildman–Crippen LogP) is 1.91. The summed E-state index contributed by atoms with van der Waals surface area (Å²) in [5, 5.41) is 20.7. The number of piperazine rings is 1. The zero-order valence-corrected chi connectivity index (χ0v) is 15.8. The first kappa shape index (κ1) is 19.4. The topological polar surface area (TPSA) is 105 Å². The number of nitrogens with zero attached hydrogens (tertiary/aromatic N) is 3. The minimum atomic E-state index is -0.578. The fraction of sp³-hybridized carbons (Fsp3) is 0.611. The number of fused-ring (bicyclic) bond motifs is 2. The van der Waals surface area contributed by atoms with Crippen molar-refractivity contribution >= 4 is 17.5 Å². The van der Waals surface area contributed by atoms with Crippen molar-refractivity contribution in [3.05, 3.63) is 33.9 Å². The third-order valence-corrected chi connectivity index (χ3v) is 4.66. The average Bonchev–Trinajstić information content (AvgIpc) is 2.58. The molecule has 2 fully saturated rings. The van der Waals surface area contributed by atoms with Crippen LogP contribution in [0.3, 0.4) is 0 Å². The highest BCUT2D eigenvalue weighted by Gasteiger charge is 2.43. The fourth-order valence-electron chi connectivity index (χ4n) is 3.59. The van der Waals surface area contributed by atoms with Gasteiger partial charge in [-0.15, -0.1) is 0 Å². The summed E-state index contributed by atoms with van der Waals surface area (Å²) < 4.78 is 11.2. The van der Waals surface area contributed by atoms with Crippen molar-refractivity contribution in [2.75, 3.05) is 31.2 Å². The first-order valence-corrected chi connectivity index (χ1v) is 8.92. The van der Waals surface area contributed by atoms with Gasteiger partial charge >= 0.3 is 6.09 Å². The van der Waals surface area contributed by atoms with E-state index in [1.165, 1.54) is 12.1 Å². The number of non-ortho nitro benzene ring substituents is 1. The molecule has 2 bridgehead atoms. The van der Waals surface area contributed by atoms with Crippen LogP contribution in [-0.4, -0.2) is 65.0 Å². The Bertz CT molecular complexity index is 718. The van der Waals surface area contributed by atoms with E-state index < -0.39 is 10.5 Å². The minimum Gasteiger partial charge on any atom is -0.444 e. The van der Waals surface area contributed by atoms with Crippen LogP contribution in [0.1, 0.15) is 26.3 Å². The standard InChI is InChI=1S/C18H25N3O6/c1-18(2,3)27-17(23)20-14-7-19(8-15(20)11-26-10-14)16-5-4-13(21(24)25)6-12(16)9-22/h4-6,14-15,22H,7-11H2,1-3H3. The summed E-state index contributed by atoms with van der Waals surface area (Å²) in [6.45, 7) is 6.99. The Morgan fingerprint density at radius 1 is 1.33 bits per heavy atom. The van der Waals surface area contributed by atoms with Crippen LogP contribution in [0, 0.1) is 10.1 Å². The third-order valence-electron chi connectivity index (χ3n) is 4.66. The van der Waals surface area contributed by atoms with Crippen LogP contribution in [0.2, 0.25) is 0 Å². The van der Waals surface area contributed by atoms with Gasteiger partial charge in [-0.05, 0) is 26.8 Å². The van der Waals surface area contributed by atoms with Crippen molar-refractivity contribution in [2.45, 2.75) is 45.1 Å². The zero-order chi connectivity index (χ0) is 19.8. The number of anilines is 1. The van der Waals surface area contributed by atoms with Crippen LogP contribution in [0.4, 0.5) is 16.2 Å². The van der Waals surface area contributed by atoms with E-state index >= 15 is 0 Å². The highest BCUT2D eigenvalue weighted by Crippen LogP contribution is 2.31. The van der Waals surface area contributed by atoms with E-state index in [-0.39, 0.29) is 30.5 Å². The summed E-state index contributed by atoms with van der Waals surface area (Å²) in [5.41, 5.74) is 0.600. The molecule has 1 N–H and O–H groups in total. The van der Waals surface area contributed by atoms with Gasteiger partial charge in [0.05, 0.1) is 36.8 Å². The SMILES string of the molecule is CC(C)(C)OC(=O)N1C2COCC1CN(c1ccc([N+](=O)[O-])cc1CO)C2. The van der Waals surface area contributed by atoms with Crippen molar-refractivity contribution in [3.63, 3.8) is 0 Å². The van der Waals surface area contributed by atoms with Gasteiger partial charge in [-0.3, -0.25) is 15.0 Å². The number of nitro benzene ring substituents is 1. The third kappa shape index (κ3) is 4.14. The van der Waals surface area contributed by atoms with Crippen molar-refractivity contribution in [1.29, 1.82) is 0 Å². The first-order chi connectivity index (χ1) is 12.7. The van der Waals surface area contributed by atoms with Crippen LogP contribution >= 0.6 is 0 Å². The number of morpholine rings is 1. The highest BCUT2D eigenvalue weighted by atomic mass is 16.6. The van der Waals surface area contributed by atoms with Crippen LogP contribution < -0.4 is 4.90 Å². The van der Waals surface area contributed by atoms with Crippen molar-refractivity contribution in [1.82, 2.24) is 4.90 Å². The van der Waals surface area contributed by atoms with Gasteiger partial charge in [0.1, 0.15) is 5.60 Å². The van der Waals surface area contributed by atoms with Gasteiger partial charge in [0.25, 0.3) is 5.69 Å². The normalized spacial score (nSPS) is 22.5. The number of aliphatic hydroxyl groups excluding tert-OH is 1. The molecule has 2 atom stereocenters. The lowest BCUT2D eigenvalue weighted by Crippen LogP contribution is -2.66. The second-order valence-corrected chi connectivity index (χ2v) is 7.87. The van der Waals surface area contributed by atoms with Gasteiger partial charge in [0, 0.05) is 36.5 Å². The maximum Gasteiger partial charge on any atom is 0.411 e. The molecule has 9 nitrogen and oxygen atoms in total. The smallest absolute Gasteiger partial charge is 0.411 e. The molecule has 0 saturated carbocycles. The maximum atomic E-state index is 12.6. The Kier molecular flexibility index (Phi) is 5.25. The van der Waals surface area contributed by atoms with Gasteiger partial charge in [-0.25, -0.2) is 4.79 Å². The molecule has 1 aromatic rings. The number of carbonyl (C=O) groups is 1. The van der Waals surface area contributed by atoms with Crippen molar-refractivity contribution in [3.8, 4) is 0 Å². The number of aliphatic hydroxyl groups is 1. The fourth-order valence-corrected chi connectivity index (χ4v) is 3.59. The van der Waals surface area contributed by atoms with Crippen molar-refractivity contribution in [2.24, 2.45) is 0 Å². The molecule has 2 unspecified atom stereocenters. The minimum absolute atomic E-state index is 0.0567. The number of carbonyl (C=O) groups excluding carboxylic acids is 1. The van der Waals surface area contributed by atoms with Crippen LogP contribution in [-0.2, 0) is 16.1 Å². The molecule has 2 aliphatic heterocycles. The molecule has 2 saturated heterocycles. The Morgan fingerprint density at radius 3 is 2.48 bits per heavy atom. The summed E-state index contributed by atoms with van der Waals surface area (Å²) in [7, 11) is 0. The van der Waals surface area contributed by atoms with E-state index in [1.807, 2.05) is 25.7 Å². The molecule has 0 radical (unpaired) electrons. The molecule has 0 aliphatic carbocycles. The van der Waals surface area contributed by atoms with Crippen molar-refractivity contribution < 1.29 is 24.3 Å². The number of ether oxygens (including phenoxy) is 2. The number of rotatable bonds is 3. The Labute approximate surface area is 157 Å². The second kappa shape index (κ2) is 7.32. The molecule has 1 amide bonds. The van der Waals surface area contributed by atoms with Crippen LogP contribution in [0.25, 0.3) is 0 Å². The molecule has 3 rings (SSSR count). The zero-order valence-electron chi connectivity index (χ0n) is 15.8. The lowest BCUT2D eigenvalue weighted by molar-refractivity contribution is -0.384. The molecular weight excluding hydrogens is 354 g/mol. The molecule has 2 heterocycles. The van der Waals surface area contributed by atoms with E-state index in [2.05, 4.69) is 0 Å². The van der Waals surface area contributed by atoms with Gasteiger partial charge in [0.2, 0.25) is 0 Å².